The van der Waals surface area contributed by atoms with Crippen molar-refractivity contribution >= 4 is 6.29 Å². The van der Waals surface area contributed by atoms with Gasteiger partial charge in [-0.05, 0) is 108 Å². The minimum absolute atomic E-state index is 0.0332. The SMILES string of the molecule is C=C(/C=C/C=C(/CO)[C@H]1CC[C@@]2([C@H](CCCO)/C(=C(/C=O)C3CCCCC3)CC[C@@]2(C)O)[C@@H]1O)CCC=C(C)C. The van der Waals surface area contributed by atoms with Crippen molar-refractivity contribution in [2.75, 3.05) is 13.2 Å². The number of carbonyl (C=O) groups is 1. The fourth-order valence-electron chi connectivity index (χ4n) is 8.04. The zero-order valence-electron chi connectivity index (χ0n) is 25.2. The Kier molecular flexibility index (Phi) is 12.2. The van der Waals surface area contributed by atoms with E-state index in [1.165, 1.54) is 12.0 Å². The summed E-state index contributed by atoms with van der Waals surface area (Å²) in [5, 5.41) is 44.2. The molecule has 0 bridgehead atoms. The standard InChI is InChI=1S/C35H54O5/c1-25(2)11-8-12-26(3)13-9-16-28(23-37)29-19-21-35(33(29)39)32(17-10-22-36)30(18-20-34(35,4)40)31(24-38)27-14-6-5-7-15-27/h9,11,13,16,24,27,29,32-33,36-37,39-40H,3,5-8,10,12,14-15,17-23H2,1-2,4H3/b13-9+,28-16-,31-30-/t29-,32-,33-,34-,35-/m1/s1. The van der Waals surface area contributed by atoms with Crippen LogP contribution in [0.15, 0.2) is 58.7 Å². The normalized spacial score (nSPS) is 33.0. The van der Waals surface area contributed by atoms with E-state index < -0.39 is 17.1 Å². The molecule has 40 heavy (non-hydrogen) atoms. The van der Waals surface area contributed by atoms with Crippen LogP contribution in [0.25, 0.3) is 0 Å². The van der Waals surface area contributed by atoms with E-state index in [1.54, 1.807) is 0 Å². The van der Waals surface area contributed by atoms with E-state index in [1.807, 2.05) is 25.2 Å². The molecule has 0 heterocycles. The Morgan fingerprint density at radius 3 is 2.45 bits per heavy atom. The molecule has 0 amide bonds. The molecule has 0 radical (unpaired) electrons. The number of aldehydes is 1. The molecule has 5 nitrogen and oxygen atoms in total. The van der Waals surface area contributed by atoms with Crippen molar-refractivity contribution in [3.8, 4) is 0 Å². The van der Waals surface area contributed by atoms with Crippen LogP contribution in [0.2, 0.25) is 0 Å². The van der Waals surface area contributed by atoms with E-state index >= 15 is 0 Å². The Morgan fingerprint density at radius 2 is 1.82 bits per heavy atom. The summed E-state index contributed by atoms with van der Waals surface area (Å²) in [7, 11) is 0. The minimum Gasteiger partial charge on any atom is -0.396 e. The van der Waals surface area contributed by atoms with Crippen LogP contribution in [0.4, 0.5) is 0 Å². The van der Waals surface area contributed by atoms with Crippen molar-refractivity contribution in [2.45, 2.75) is 116 Å². The minimum atomic E-state index is -1.12. The van der Waals surface area contributed by atoms with Crippen LogP contribution in [-0.4, -0.2) is 51.6 Å². The molecule has 3 fully saturated rings. The number of aliphatic hydroxyl groups excluding tert-OH is 3. The lowest BCUT2D eigenvalue weighted by Gasteiger charge is -2.56. The van der Waals surface area contributed by atoms with Crippen molar-refractivity contribution in [2.24, 2.45) is 23.2 Å². The van der Waals surface area contributed by atoms with Crippen LogP contribution < -0.4 is 0 Å². The van der Waals surface area contributed by atoms with Gasteiger partial charge in [-0.1, -0.05) is 66.9 Å². The first-order chi connectivity index (χ1) is 19.1. The lowest BCUT2D eigenvalue weighted by atomic mass is 9.52. The van der Waals surface area contributed by atoms with E-state index in [4.69, 9.17) is 0 Å². The van der Waals surface area contributed by atoms with Crippen molar-refractivity contribution < 1.29 is 25.2 Å². The van der Waals surface area contributed by atoms with Crippen molar-refractivity contribution in [3.05, 3.63) is 58.7 Å². The van der Waals surface area contributed by atoms with E-state index in [0.717, 1.165) is 67.1 Å². The highest BCUT2D eigenvalue weighted by Crippen LogP contribution is 2.63. The molecule has 0 aliphatic heterocycles. The number of hydrogen-bond acceptors (Lipinski definition) is 5. The number of rotatable bonds is 12. The maximum Gasteiger partial charge on any atom is 0.146 e. The summed E-state index contributed by atoms with van der Waals surface area (Å²) in [5.74, 6) is -0.226. The largest absolute Gasteiger partial charge is 0.396 e. The second-order valence-electron chi connectivity index (χ2n) is 13.0. The van der Waals surface area contributed by atoms with Gasteiger partial charge in [-0.2, -0.15) is 0 Å². The highest BCUT2D eigenvalue weighted by molar-refractivity contribution is 5.76. The Labute approximate surface area is 242 Å². The van der Waals surface area contributed by atoms with E-state index in [2.05, 4.69) is 26.5 Å². The molecule has 0 aromatic heterocycles. The molecule has 224 valence electrons. The first-order valence-corrected chi connectivity index (χ1v) is 15.6. The molecule has 3 saturated carbocycles. The maximum atomic E-state index is 12.6. The summed E-state index contributed by atoms with van der Waals surface area (Å²) >= 11 is 0. The molecule has 0 saturated heterocycles. The van der Waals surface area contributed by atoms with Crippen LogP contribution in [0.3, 0.4) is 0 Å². The van der Waals surface area contributed by atoms with Gasteiger partial charge in [0.15, 0.2) is 0 Å². The summed E-state index contributed by atoms with van der Waals surface area (Å²) in [5.41, 5.74) is 3.08. The number of aliphatic hydroxyl groups is 4. The quantitative estimate of drug-likeness (QED) is 0.0952. The van der Waals surface area contributed by atoms with Gasteiger partial charge in [-0.3, -0.25) is 4.79 Å². The molecule has 0 unspecified atom stereocenters. The molecular formula is C35H54O5. The Hall–Kier alpha value is -1.79. The first-order valence-electron chi connectivity index (χ1n) is 15.6. The first kappa shape index (κ1) is 32.7. The Balaban J connectivity index is 1.95. The van der Waals surface area contributed by atoms with Gasteiger partial charge in [0.05, 0.1) is 18.3 Å². The summed E-state index contributed by atoms with van der Waals surface area (Å²) < 4.78 is 0. The zero-order chi connectivity index (χ0) is 29.3. The van der Waals surface area contributed by atoms with Crippen LogP contribution in [0.5, 0.6) is 0 Å². The van der Waals surface area contributed by atoms with Gasteiger partial charge in [-0.25, -0.2) is 0 Å². The average molecular weight is 555 g/mol. The molecule has 3 aliphatic carbocycles. The van der Waals surface area contributed by atoms with Crippen molar-refractivity contribution in [1.29, 1.82) is 0 Å². The predicted molar refractivity (Wildman–Crippen MR) is 163 cm³/mol. The summed E-state index contributed by atoms with van der Waals surface area (Å²) in [6.45, 7) is 10.0. The highest BCUT2D eigenvalue weighted by atomic mass is 16.3. The number of hydrogen-bond donors (Lipinski definition) is 4. The van der Waals surface area contributed by atoms with Crippen LogP contribution in [-0.2, 0) is 4.79 Å². The number of carbonyl (C=O) groups excluding carboxylic acids is 1. The van der Waals surface area contributed by atoms with Gasteiger partial charge < -0.3 is 20.4 Å². The Bertz CT molecular complexity index is 989. The molecule has 5 atom stereocenters. The van der Waals surface area contributed by atoms with Gasteiger partial charge >= 0.3 is 0 Å². The summed E-state index contributed by atoms with van der Waals surface area (Å²) in [4.78, 5) is 12.6. The predicted octanol–water partition coefficient (Wildman–Crippen LogP) is 6.53. The van der Waals surface area contributed by atoms with Crippen molar-refractivity contribution in [1.82, 2.24) is 0 Å². The van der Waals surface area contributed by atoms with Crippen LogP contribution in [0, 0.1) is 23.2 Å². The molecule has 3 aliphatic rings. The van der Waals surface area contributed by atoms with Gasteiger partial charge in [-0.15, -0.1) is 0 Å². The third kappa shape index (κ3) is 7.15. The lowest BCUT2D eigenvalue weighted by Crippen LogP contribution is -2.59. The number of allylic oxidation sites excluding steroid dienone is 8. The van der Waals surface area contributed by atoms with Crippen LogP contribution >= 0.6 is 0 Å². The second-order valence-corrected chi connectivity index (χ2v) is 13.0. The molecular weight excluding hydrogens is 500 g/mol. The van der Waals surface area contributed by atoms with E-state index in [0.29, 0.717) is 38.5 Å². The molecule has 0 aromatic rings. The highest BCUT2D eigenvalue weighted by Gasteiger charge is 2.64. The summed E-state index contributed by atoms with van der Waals surface area (Å²) in [6.07, 6.45) is 19.0. The van der Waals surface area contributed by atoms with Crippen molar-refractivity contribution in [3.63, 3.8) is 0 Å². The molecule has 3 rings (SSSR count). The Morgan fingerprint density at radius 1 is 1.10 bits per heavy atom. The molecule has 4 N–H and O–H groups in total. The van der Waals surface area contributed by atoms with Gasteiger partial charge in [0.1, 0.15) is 6.29 Å². The second kappa shape index (κ2) is 14.9. The summed E-state index contributed by atoms with van der Waals surface area (Å²) in [6, 6.07) is 0. The monoisotopic (exact) mass is 554 g/mol. The van der Waals surface area contributed by atoms with Gasteiger partial charge in [0, 0.05) is 17.9 Å². The zero-order valence-corrected chi connectivity index (χ0v) is 25.2. The van der Waals surface area contributed by atoms with E-state index in [9.17, 15) is 25.2 Å². The topological polar surface area (TPSA) is 98.0 Å². The van der Waals surface area contributed by atoms with E-state index in [-0.39, 0.29) is 31.0 Å². The molecule has 0 aromatic carbocycles. The lowest BCUT2D eigenvalue weighted by molar-refractivity contribution is -0.168. The fourth-order valence-corrected chi connectivity index (χ4v) is 8.04. The third-order valence-electron chi connectivity index (χ3n) is 10.2. The molecule has 5 heteroatoms. The molecule has 1 spiro atoms. The average Bonchev–Trinajstić information content (AvgIpc) is 3.27. The van der Waals surface area contributed by atoms with Crippen LogP contribution in [0.1, 0.15) is 104 Å². The third-order valence-corrected chi connectivity index (χ3v) is 10.2. The smallest absolute Gasteiger partial charge is 0.146 e. The maximum absolute atomic E-state index is 12.6. The van der Waals surface area contributed by atoms with Gasteiger partial charge in [0.25, 0.3) is 0 Å². The van der Waals surface area contributed by atoms with Gasteiger partial charge in [0.2, 0.25) is 0 Å². The fraction of sp³-hybridized carbons (Fsp3) is 0.686.